The Morgan fingerprint density at radius 3 is 2.88 bits per heavy atom. The van der Waals surface area contributed by atoms with E-state index in [1.165, 1.54) is 19.3 Å². The fourth-order valence-corrected chi connectivity index (χ4v) is 2.23. The first-order chi connectivity index (χ1) is 7.66. The van der Waals surface area contributed by atoms with Crippen LogP contribution in [-0.2, 0) is 0 Å². The zero-order valence-electron chi connectivity index (χ0n) is 9.94. The molecule has 2 rings (SSSR count). The number of hydrogen-bond acceptors (Lipinski definition) is 5. The lowest BCUT2D eigenvalue weighted by atomic mass is 9.98. The molecule has 1 aromatic heterocycles. The smallest absolute Gasteiger partial charge is 0.315 e. The zero-order valence-corrected chi connectivity index (χ0v) is 9.94. The van der Waals surface area contributed by atoms with Gasteiger partial charge < -0.3 is 15.5 Å². The average Bonchev–Trinajstić information content (AvgIpc) is 2.83. The predicted molar refractivity (Wildman–Crippen MR) is 61.9 cm³/mol. The van der Waals surface area contributed by atoms with Gasteiger partial charge in [0.2, 0.25) is 5.89 Å². The fraction of sp³-hybridized carbons (Fsp3) is 0.818. The summed E-state index contributed by atoms with van der Waals surface area (Å²) in [5, 5.41) is 11.0. The SMILES string of the molecule is CC(N)c1nnc(NCC2CCCC2C)o1. The molecule has 0 aliphatic heterocycles. The second kappa shape index (κ2) is 4.82. The van der Waals surface area contributed by atoms with Gasteiger partial charge in [0.05, 0.1) is 6.04 Å². The topological polar surface area (TPSA) is 77.0 Å². The molecule has 0 saturated heterocycles. The van der Waals surface area contributed by atoms with Crippen LogP contribution in [0, 0.1) is 11.8 Å². The summed E-state index contributed by atoms with van der Waals surface area (Å²) in [6, 6.07) is 0.292. The standard InChI is InChI=1S/C11H20N4O/c1-7-4-3-5-9(7)6-13-11-15-14-10(16-11)8(2)12/h7-9H,3-6,12H2,1-2H3,(H,13,15). The number of nitrogens with two attached hydrogens (primary N) is 1. The monoisotopic (exact) mass is 224 g/mol. The molecule has 0 aromatic carbocycles. The number of nitrogens with zero attached hydrogens (tertiary/aromatic N) is 2. The first kappa shape index (κ1) is 11.4. The van der Waals surface area contributed by atoms with Crippen LogP contribution in [-0.4, -0.2) is 16.7 Å². The van der Waals surface area contributed by atoms with E-state index in [0.29, 0.717) is 11.9 Å². The minimum absolute atomic E-state index is 0.201. The van der Waals surface area contributed by atoms with Crippen LogP contribution in [0.5, 0.6) is 0 Å². The number of rotatable bonds is 4. The highest BCUT2D eigenvalue weighted by molar-refractivity contribution is 5.17. The van der Waals surface area contributed by atoms with E-state index in [-0.39, 0.29) is 6.04 Å². The Morgan fingerprint density at radius 2 is 2.31 bits per heavy atom. The maximum Gasteiger partial charge on any atom is 0.315 e. The first-order valence-electron chi connectivity index (χ1n) is 5.99. The van der Waals surface area contributed by atoms with Gasteiger partial charge in [0, 0.05) is 6.54 Å². The Kier molecular flexibility index (Phi) is 3.43. The molecule has 5 nitrogen and oxygen atoms in total. The van der Waals surface area contributed by atoms with E-state index >= 15 is 0 Å². The van der Waals surface area contributed by atoms with Crippen molar-refractivity contribution in [2.45, 2.75) is 39.2 Å². The van der Waals surface area contributed by atoms with E-state index in [0.717, 1.165) is 18.4 Å². The molecule has 90 valence electrons. The van der Waals surface area contributed by atoms with E-state index in [1.54, 1.807) is 0 Å². The van der Waals surface area contributed by atoms with Crippen molar-refractivity contribution in [2.75, 3.05) is 11.9 Å². The van der Waals surface area contributed by atoms with Crippen LogP contribution in [0.2, 0.25) is 0 Å². The quantitative estimate of drug-likeness (QED) is 0.817. The van der Waals surface area contributed by atoms with Crippen LogP contribution in [0.1, 0.15) is 45.0 Å². The van der Waals surface area contributed by atoms with Crippen LogP contribution < -0.4 is 11.1 Å². The van der Waals surface area contributed by atoms with Gasteiger partial charge in [-0.15, -0.1) is 5.10 Å². The Morgan fingerprint density at radius 1 is 1.50 bits per heavy atom. The zero-order chi connectivity index (χ0) is 11.5. The molecule has 16 heavy (non-hydrogen) atoms. The number of hydrogen-bond donors (Lipinski definition) is 2. The average molecular weight is 224 g/mol. The highest BCUT2D eigenvalue weighted by Crippen LogP contribution is 2.31. The van der Waals surface area contributed by atoms with Crippen LogP contribution in [0.3, 0.4) is 0 Å². The van der Waals surface area contributed by atoms with Gasteiger partial charge in [-0.3, -0.25) is 0 Å². The summed E-state index contributed by atoms with van der Waals surface area (Å²) in [5.74, 6) is 2.01. The van der Waals surface area contributed by atoms with Crippen LogP contribution in [0.4, 0.5) is 6.01 Å². The van der Waals surface area contributed by atoms with Crippen molar-refractivity contribution in [3.63, 3.8) is 0 Å². The molecule has 0 spiro atoms. The van der Waals surface area contributed by atoms with Crippen molar-refractivity contribution in [1.29, 1.82) is 0 Å². The van der Waals surface area contributed by atoms with E-state index in [4.69, 9.17) is 10.2 Å². The molecule has 1 aliphatic carbocycles. The number of nitrogens with one attached hydrogen (secondary N) is 1. The molecule has 3 atom stereocenters. The first-order valence-corrected chi connectivity index (χ1v) is 5.99. The van der Waals surface area contributed by atoms with Gasteiger partial charge in [-0.05, 0) is 25.2 Å². The molecule has 3 unspecified atom stereocenters. The van der Waals surface area contributed by atoms with E-state index < -0.39 is 0 Å². The number of anilines is 1. The molecule has 1 heterocycles. The largest absolute Gasteiger partial charge is 0.406 e. The summed E-state index contributed by atoms with van der Waals surface area (Å²) in [7, 11) is 0. The summed E-state index contributed by atoms with van der Waals surface area (Å²) in [6.45, 7) is 5.05. The van der Waals surface area contributed by atoms with Crippen molar-refractivity contribution in [3.8, 4) is 0 Å². The van der Waals surface area contributed by atoms with Gasteiger partial charge in [0.1, 0.15) is 0 Å². The molecule has 0 amide bonds. The summed E-state index contributed by atoms with van der Waals surface area (Å²) >= 11 is 0. The lowest BCUT2D eigenvalue weighted by Crippen LogP contribution is -2.16. The molecule has 5 heteroatoms. The third-order valence-electron chi connectivity index (χ3n) is 3.38. The lowest BCUT2D eigenvalue weighted by molar-refractivity contribution is 0.427. The molecule has 3 N–H and O–H groups in total. The van der Waals surface area contributed by atoms with Gasteiger partial charge in [-0.25, -0.2) is 0 Å². The van der Waals surface area contributed by atoms with Gasteiger partial charge in [-0.2, -0.15) is 0 Å². The summed E-state index contributed by atoms with van der Waals surface area (Å²) in [4.78, 5) is 0. The molecule has 1 fully saturated rings. The molecule has 1 aromatic rings. The van der Waals surface area contributed by atoms with Gasteiger partial charge in [0.15, 0.2) is 0 Å². The third kappa shape index (κ3) is 2.52. The minimum atomic E-state index is -0.201. The van der Waals surface area contributed by atoms with Crippen molar-refractivity contribution < 1.29 is 4.42 Å². The molecule has 1 aliphatic rings. The second-order valence-corrected chi connectivity index (χ2v) is 4.78. The maximum absolute atomic E-state index is 5.64. The molecule has 0 bridgehead atoms. The number of aromatic nitrogens is 2. The Hall–Kier alpha value is -1.10. The molecule has 0 radical (unpaired) electrons. The summed E-state index contributed by atoms with van der Waals surface area (Å²) < 4.78 is 5.38. The van der Waals surface area contributed by atoms with Gasteiger partial charge in [-0.1, -0.05) is 24.9 Å². The predicted octanol–water partition coefficient (Wildman–Crippen LogP) is 1.94. The van der Waals surface area contributed by atoms with Crippen LogP contribution in [0.25, 0.3) is 0 Å². The molecular formula is C11H20N4O. The Balaban J connectivity index is 1.84. The van der Waals surface area contributed by atoms with Crippen molar-refractivity contribution in [3.05, 3.63) is 5.89 Å². The fourth-order valence-electron chi connectivity index (χ4n) is 2.23. The van der Waals surface area contributed by atoms with Gasteiger partial charge in [0.25, 0.3) is 0 Å². The second-order valence-electron chi connectivity index (χ2n) is 4.78. The normalized spacial score (nSPS) is 26.9. The van der Waals surface area contributed by atoms with E-state index in [2.05, 4.69) is 22.4 Å². The maximum atomic E-state index is 5.64. The van der Waals surface area contributed by atoms with Crippen LogP contribution >= 0.6 is 0 Å². The highest BCUT2D eigenvalue weighted by Gasteiger charge is 2.23. The van der Waals surface area contributed by atoms with E-state index in [9.17, 15) is 0 Å². The Bertz CT molecular complexity index is 336. The van der Waals surface area contributed by atoms with Gasteiger partial charge >= 0.3 is 6.01 Å². The third-order valence-corrected chi connectivity index (χ3v) is 3.38. The lowest BCUT2D eigenvalue weighted by Gasteiger charge is -2.14. The van der Waals surface area contributed by atoms with Crippen molar-refractivity contribution in [1.82, 2.24) is 10.2 Å². The summed E-state index contributed by atoms with van der Waals surface area (Å²) in [6.07, 6.45) is 3.96. The minimum Gasteiger partial charge on any atom is -0.406 e. The molecular weight excluding hydrogens is 204 g/mol. The van der Waals surface area contributed by atoms with Crippen LogP contribution in [0.15, 0.2) is 4.42 Å². The molecule has 1 saturated carbocycles. The van der Waals surface area contributed by atoms with Crippen molar-refractivity contribution in [2.24, 2.45) is 17.6 Å². The Labute approximate surface area is 95.8 Å². The highest BCUT2D eigenvalue weighted by atomic mass is 16.4. The van der Waals surface area contributed by atoms with E-state index in [1.807, 2.05) is 6.92 Å². The summed E-state index contributed by atoms with van der Waals surface area (Å²) in [5.41, 5.74) is 5.64. The van der Waals surface area contributed by atoms with Crippen molar-refractivity contribution >= 4 is 6.01 Å².